The molecule has 0 amide bonds. The average Bonchev–Trinajstić information content (AvgIpc) is 3.02. The molecule has 0 unspecified atom stereocenters. The second-order valence-electron chi connectivity index (χ2n) is 5.98. The quantitative estimate of drug-likeness (QED) is 0.407. The van der Waals surface area contributed by atoms with Gasteiger partial charge in [-0.15, -0.1) is 0 Å². The first-order valence-corrected chi connectivity index (χ1v) is 8.39. The lowest BCUT2D eigenvalue weighted by Crippen LogP contribution is -2.40. The molecule has 0 bridgehead atoms. The van der Waals surface area contributed by atoms with Crippen molar-refractivity contribution in [1.82, 2.24) is 4.90 Å². The Morgan fingerprint density at radius 2 is 1.96 bits per heavy atom. The van der Waals surface area contributed by atoms with Crippen molar-refractivity contribution in [2.24, 2.45) is 17.8 Å². The minimum atomic E-state index is -1.44. The number of nitriles is 1. The van der Waals surface area contributed by atoms with Gasteiger partial charge in [-0.3, -0.25) is 14.4 Å². The molecule has 1 fully saturated rings. The van der Waals surface area contributed by atoms with Crippen LogP contribution in [-0.4, -0.2) is 50.2 Å². The third-order valence-electron chi connectivity index (χ3n) is 4.57. The van der Waals surface area contributed by atoms with Gasteiger partial charge in [0.05, 0.1) is 38.4 Å². The molecule has 2 aliphatic heterocycles. The number of rotatable bonds is 5. The number of carbonyl (C=O) groups excluding carboxylic acids is 3. The molecule has 0 aromatic heterocycles. The summed E-state index contributed by atoms with van der Waals surface area (Å²) in [5.41, 5.74) is 1.00. The van der Waals surface area contributed by atoms with Gasteiger partial charge in [0.2, 0.25) is 0 Å². The molecule has 0 aliphatic carbocycles. The fourth-order valence-corrected chi connectivity index (χ4v) is 3.39. The molecule has 0 N–H and O–H groups in total. The average molecular weight is 362 g/mol. The molecular weight excluding hydrogens is 340 g/mol. The van der Waals surface area contributed by atoms with E-state index in [1.165, 1.54) is 0 Å². The van der Waals surface area contributed by atoms with E-state index in [0.717, 1.165) is 32.8 Å². The summed E-state index contributed by atoms with van der Waals surface area (Å²) in [7, 11) is 2.28. The van der Waals surface area contributed by atoms with E-state index in [2.05, 4.69) is 0 Å². The highest BCUT2D eigenvalue weighted by Gasteiger charge is 2.47. The number of allylic oxidation sites excluding steroid dienone is 2. The molecule has 8 heteroatoms. The molecule has 0 aromatic rings. The molecule has 2 aliphatic rings. The van der Waals surface area contributed by atoms with E-state index in [1.807, 2.05) is 11.0 Å². The van der Waals surface area contributed by atoms with Gasteiger partial charge in [0.1, 0.15) is 0 Å². The number of ether oxygens (including phenoxy) is 3. The van der Waals surface area contributed by atoms with Crippen LogP contribution in [0.15, 0.2) is 23.5 Å². The van der Waals surface area contributed by atoms with Crippen LogP contribution in [0.1, 0.15) is 19.8 Å². The maximum atomic E-state index is 12.6. The Hall–Kier alpha value is -2.82. The largest absolute Gasteiger partial charge is 0.468 e. The lowest BCUT2D eigenvalue weighted by atomic mass is 9.76. The van der Waals surface area contributed by atoms with Crippen molar-refractivity contribution in [2.45, 2.75) is 19.8 Å². The Balaban J connectivity index is 2.61. The zero-order valence-electron chi connectivity index (χ0n) is 15.1. The van der Waals surface area contributed by atoms with Gasteiger partial charge < -0.3 is 19.1 Å². The first kappa shape index (κ1) is 19.5. The Kier molecular flexibility index (Phi) is 6.39. The van der Waals surface area contributed by atoms with Crippen molar-refractivity contribution in [3.63, 3.8) is 0 Å². The van der Waals surface area contributed by atoms with E-state index in [1.54, 1.807) is 19.2 Å². The number of esters is 3. The number of hydrogen-bond donors (Lipinski definition) is 0. The number of methoxy groups -OCH3 is 2. The fraction of sp³-hybridized carbons (Fsp3) is 0.556. The lowest BCUT2D eigenvalue weighted by molar-refractivity contribution is -0.163. The van der Waals surface area contributed by atoms with Gasteiger partial charge in [0.25, 0.3) is 0 Å². The van der Waals surface area contributed by atoms with Crippen molar-refractivity contribution in [3.05, 3.63) is 23.5 Å². The van der Waals surface area contributed by atoms with Gasteiger partial charge in [-0.1, -0.05) is 6.08 Å². The Morgan fingerprint density at radius 3 is 2.50 bits per heavy atom. The molecule has 8 nitrogen and oxygen atoms in total. The van der Waals surface area contributed by atoms with E-state index in [-0.39, 0.29) is 12.2 Å². The van der Waals surface area contributed by atoms with Gasteiger partial charge in [-0.05, 0) is 19.8 Å². The third-order valence-corrected chi connectivity index (χ3v) is 4.57. The van der Waals surface area contributed by atoms with Crippen LogP contribution in [0.5, 0.6) is 0 Å². The van der Waals surface area contributed by atoms with Gasteiger partial charge in [-0.2, -0.15) is 5.26 Å². The van der Waals surface area contributed by atoms with Crippen LogP contribution < -0.4 is 0 Å². The number of carbonyl (C=O) groups is 3. The highest BCUT2D eigenvalue weighted by Crippen LogP contribution is 2.38. The molecule has 2 atom stereocenters. The van der Waals surface area contributed by atoms with Gasteiger partial charge in [-0.25, -0.2) is 0 Å². The highest BCUT2D eigenvalue weighted by atomic mass is 16.5. The van der Waals surface area contributed by atoms with Gasteiger partial charge in [0.15, 0.2) is 5.92 Å². The lowest BCUT2D eigenvalue weighted by Gasteiger charge is -2.26. The van der Waals surface area contributed by atoms with Crippen LogP contribution in [0, 0.1) is 29.1 Å². The number of fused-ring (bicyclic) bond motifs is 1. The summed E-state index contributed by atoms with van der Waals surface area (Å²) in [6.45, 7) is 2.50. The van der Waals surface area contributed by atoms with Gasteiger partial charge >= 0.3 is 17.9 Å². The second kappa shape index (κ2) is 8.52. The summed E-state index contributed by atoms with van der Waals surface area (Å²) in [6, 6.07) is 2.03. The number of nitrogens with zero attached hydrogens (tertiary/aromatic N) is 2. The number of hydrogen-bond acceptors (Lipinski definition) is 8. The van der Waals surface area contributed by atoms with E-state index < -0.39 is 35.7 Å². The van der Waals surface area contributed by atoms with Crippen LogP contribution in [0.4, 0.5) is 0 Å². The van der Waals surface area contributed by atoms with Crippen LogP contribution in [-0.2, 0) is 28.6 Å². The first-order chi connectivity index (χ1) is 12.5. The first-order valence-electron chi connectivity index (χ1n) is 8.39. The van der Waals surface area contributed by atoms with Crippen molar-refractivity contribution in [3.8, 4) is 6.07 Å². The van der Waals surface area contributed by atoms with Gasteiger partial charge in [0, 0.05) is 24.4 Å². The van der Waals surface area contributed by atoms with Crippen LogP contribution >= 0.6 is 0 Å². The molecule has 26 heavy (non-hydrogen) atoms. The molecule has 1 saturated heterocycles. The topological polar surface area (TPSA) is 106 Å². The standard InChI is InChI=1S/C18H22N2O6/c1-4-26-16(21)13-8-12-6-5-7-20(12)10-11(9-19)14(13)15(17(22)24-2)18(23)25-3/h8,10,13-15H,4-7H2,1-3H3/t13-,14+/m0/s1. The second-order valence-corrected chi connectivity index (χ2v) is 5.98. The van der Waals surface area contributed by atoms with E-state index >= 15 is 0 Å². The van der Waals surface area contributed by atoms with Crippen LogP contribution in [0.2, 0.25) is 0 Å². The summed E-state index contributed by atoms with van der Waals surface area (Å²) in [6.07, 6.45) is 4.91. The summed E-state index contributed by atoms with van der Waals surface area (Å²) in [5, 5.41) is 9.67. The molecule has 2 rings (SSSR count). The summed E-state index contributed by atoms with van der Waals surface area (Å²) < 4.78 is 14.6. The third kappa shape index (κ3) is 3.72. The minimum absolute atomic E-state index is 0.136. The van der Waals surface area contributed by atoms with Crippen molar-refractivity contribution < 1.29 is 28.6 Å². The normalized spacial score (nSPS) is 21.7. The molecule has 2 heterocycles. The molecule has 0 saturated carbocycles. The van der Waals surface area contributed by atoms with E-state index in [0.29, 0.717) is 6.54 Å². The Bertz CT molecular complexity index is 674. The van der Waals surface area contributed by atoms with Crippen LogP contribution in [0.25, 0.3) is 0 Å². The van der Waals surface area contributed by atoms with Crippen molar-refractivity contribution in [2.75, 3.05) is 27.4 Å². The van der Waals surface area contributed by atoms with E-state index in [9.17, 15) is 19.6 Å². The monoisotopic (exact) mass is 362 g/mol. The molecule has 0 aromatic carbocycles. The van der Waals surface area contributed by atoms with E-state index in [4.69, 9.17) is 14.2 Å². The predicted molar refractivity (Wildman–Crippen MR) is 88.9 cm³/mol. The fourth-order valence-electron chi connectivity index (χ4n) is 3.39. The highest BCUT2D eigenvalue weighted by molar-refractivity contribution is 5.96. The zero-order chi connectivity index (χ0) is 19.3. The summed E-state index contributed by atoms with van der Waals surface area (Å²) in [4.78, 5) is 39.1. The van der Waals surface area contributed by atoms with Crippen molar-refractivity contribution in [1.29, 1.82) is 5.26 Å². The van der Waals surface area contributed by atoms with Crippen molar-refractivity contribution >= 4 is 17.9 Å². The Morgan fingerprint density at radius 1 is 1.31 bits per heavy atom. The SMILES string of the molecule is CCOC(=O)[C@H]1C=C2CCCN2C=C(C#N)[C@H]1C(C(=O)OC)C(=O)OC. The predicted octanol–water partition coefficient (Wildman–Crippen LogP) is 1.14. The molecule has 140 valence electrons. The maximum Gasteiger partial charge on any atom is 0.320 e. The summed E-state index contributed by atoms with van der Waals surface area (Å²) >= 11 is 0. The minimum Gasteiger partial charge on any atom is -0.468 e. The Labute approximate surface area is 152 Å². The molecular formula is C18H22N2O6. The smallest absolute Gasteiger partial charge is 0.320 e. The summed E-state index contributed by atoms with van der Waals surface area (Å²) in [5.74, 6) is -5.80. The zero-order valence-corrected chi connectivity index (χ0v) is 15.1. The molecule has 0 radical (unpaired) electrons. The maximum absolute atomic E-state index is 12.6. The molecule has 0 spiro atoms. The van der Waals surface area contributed by atoms with Crippen LogP contribution in [0.3, 0.4) is 0 Å².